The van der Waals surface area contributed by atoms with Crippen molar-refractivity contribution >= 4 is 34.9 Å². The second-order valence-corrected chi connectivity index (χ2v) is 6.79. The predicted octanol–water partition coefficient (Wildman–Crippen LogP) is 3.93. The van der Waals surface area contributed by atoms with Gasteiger partial charge >= 0.3 is 5.97 Å². The Kier molecular flexibility index (Phi) is 7.97. The summed E-state index contributed by atoms with van der Waals surface area (Å²) in [6.45, 7) is 3.57. The fourth-order valence-electron chi connectivity index (χ4n) is 2.43. The van der Waals surface area contributed by atoms with Crippen molar-refractivity contribution in [1.29, 1.82) is 0 Å². The number of non-ortho nitro benzene ring substituents is 1. The molecule has 2 aromatic carbocycles. The molecule has 0 heterocycles. The molecule has 0 saturated heterocycles. The Morgan fingerprint density at radius 1 is 1.24 bits per heavy atom. The van der Waals surface area contributed by atoms with Gasteiger partial charge in [0.05, 0.1) is 10.5 Å². The number of amides is 1. The standard InChI is InChI=1S/C20H22ClN3O5/c1-3-13(2)23-19(25)12-29-20(26)16-10-15(24(27)28)8-9-18(16)22-11-14-6-4-5-7-17(14)21/h4-10,13,22H,3,11-12H2,1-2H3,(H,23,25). The Labute approximate surface area is 173 Å². The van der Waals surface area contributed by atoms with Crippen LogP contribution in [-0.2, 0) is 16.1 Å². The lowest BCUT2D eigenvalue weighted by Gasteiger charge is -2.14. The molecule has 0 saturated carbocycles. The summed E-state index contributed by atoms with van der Waals surface area (Å²) in [5, 5.41) is 17.3. The highest BCUT2D eigenvalue weighted by Crippen LogP contribution is 2.25. The van der Waals surface area contributed by atoms with Crippen molar-refractivity contribution in [2.75, 3.05) is 11.9 Å². The monoisotopic (exact) mass is 419 g/mol. The Hall–Kier alpha value is -3.13. The van der Waals surface area contributed by atoms with Crippen LogP contribution in [0, 0.1) is 10.1 Å². The zero-order valence-electron chi connectivity index (χ0n) is 16.1. The number of anilines is 1. The van der Waals surface area contributed by atoms with E-state index in [1.54, 1.807) is 12.1 Å². The van der Waals surface area contributed by atoms with E-state index < -0.39 is 23.4 Å². The molecule has 2 aromatic rings. The Balaban J connectivity index is 2.15. The molecule has 0 fully saturated rings. The maximum atomic E-state index is 12.5. The minimum absolute atomic E-state index is 0.0393. The first-order valence-electron chi connectivity index (χ1n) is 9.04. The number of carbonyl (C=O) groups excluding carboxylic acids is 2. The Bertz CT molecular complexity index is 903. The van der Waals surface area contributed by atoms with Crippen LogP contribution in [0.25, 0.3) is 0 Å². The number of carbonyl (C=O) groups is 2. The first-order valence-corrected chi connectivity index (χ1v) is 9.41. The van der Waals surface area contributed by atoms with Crippen molar-refractivity contribution in [2.24, 2.45) is 0 Å². The summed E-state index contributed by atoms with van der Waals surface area (Å²) < 4.78 is 5.05. The highest BCUT2D eigenvalue weighted by Gasteiger charge is 2.19. The van der Waals surface area contributed by atoms with Gasteiger partial charge in [-0.25, -0.2) is 4.79 Å². The van der Waals surface area contributed by atoms with Gasteiger partial charge in [-0.15, -0.1) is 0 Å². The predicted molar refractivity (Wildman–Crippen MR) is 110 cm³/mol. The molecule has 8 nitrogen and oxygen atoms in total. The second kappa shape index (κ2) is 10.4. The molecule has 1 unspecified atom stereocenters. The van der Waals surface area contributed by atoms with Crippen LogP contribution in [0.5, 0.6) is 0 Å². The van der Waals surface area contributed by atoms with Crippen LogP contribution >= 0.6 is 11.6 Å². The van der Waals surface area contributed by atoms with Crippen molar-refractivity contribution in [3.63, 3.8) is 0 Å². The molecule has 0 radical (unpaired) electrons. The molecule has 0 aliphatic rings. The van der Waals surface area contributed by atoms with E-state index in [2.05, 4.69) is 10.6 Å². The average molecular weight is 420 g/mol. The van der Waals surface area contributed by atoms with Gasteiger partial charge in [0.2, 0.25) is 0 Å². The molecule has 154 valence electrons. The van der Waals surface area contributed by atoms with E-state index in [-0.39, 0.29) is 17.3 Å². The van der Waals surface area contributed by atoms with Gasteiger partial charge in [-0.2, -0.15) is 0 Å². The van der Waals surface area contributed by atoms with Crippen molar-refractivity contribution in [2.45, 2.75) is 32.9 Å². The Morgan fingerprint density at radius 2 is 1.97 bits per heavy atom. The van der Waals surface area contributed by atoms with Crippen LogP contribution in [0.4, 0.5) is 11.4 Å². The first-order chi connectivity index (χ1) is 13.8. The molecule has 2 N–H and O–H groups in total. The van der Waals surface area contributed by atoms with Crippen molar-refractivity contribution in [1.82, 2.24) is 5.32 Å². The number of nitrogens with one attached hydrogen (secondary N) is 2. The van der Waals surface area contributed by atoms with Gasteiger partial charge in [0.25, 0.3) is 11.6 Å². The number of nitro benzene ring substituents is 1. The Morgan fingerprint density at radius 3 is 2.62 bits per heavy atom. The highest BCUT2D eigenvalue weighted by atomic mass is 35.5. The van der Waals surface area contributed by atoms with Crippen LogP contribution in [0.3, 0.4) is 0 Å². The number of benzene rings is 2. The van der Waals surface area contributed by atoms with E-state index in [0.717, 1.165) is 18.1 Å². The van der Waals surface area contributed by atoms with Gasteiger partial charge in [0.1, 0.15) is 0 Å². The fraction of sp³-hybridized carbons (Fsp3) is 0.300. The smallest absolute Gasteiger partial charge is 0.341 e. The van der Waals surface area contributed by atoms with Gasteiger partial charge in [0.15, 0.2) is 6.61 Å². The van der Waals surface area contributed by atoms with E-state index in [1.807, 2.05) is 26.0 Å². The number of nitro groups is 1. The molecule has 0 aliphatic heterocycles. The average Bonchev–Trinajstić information content (AvgIpc) is 2.71. The number of halogens is 1. The summed E-state index contributed by atoms with van der Waals surface area (Å²) in [6.07, 6.45) is 0.737. The molecule has 1 amide bonds. The molecular weight excluding hydrogens is 398 g/mol. The molecular formula is C20H22ClN3O5. The molecule has 0 bridgehead atoms. The van der Waals surface area contributed by atoms with Gasteiger partial charge < -0.3 is 15.4 Å². The van der Waals surface area contributed by atoms with E-state index >= 15 is 0 Å². The number of hydrogen-bond acceptors (Lipinski definition) is 6. The molecule has 2 rings (SSSR count). The van der Waals surface area contributed by atoms with Crippen LogP contribution in [-0.4, -0.2) is 29.4 Å². The van der Waals surface area contributed by atoms with Crippen LogP contribution < -0.4 is 10.6 Å². The van der Waals surface area contributed by atoms with Gasteiger partial charge in [-0.1, -0.05) is 36.7 Å². The van der Waals surface area contributed by atoms with Gasteiger partial charge in [-0.3, -0.25) is 14.9 Å². The minimum Gasteiger partial charge on any atom is -0.452 e. The molecule has 1 atom stereocenters. The maximum absolute atomic E-state index is 12.5. The number of ether oxygens (including phenoxy) is 1. The molecule has 9 heteroatoms. The molecule has 29 heavy (non-hydrogen) atoms. The third-order valence-corrected chi connectivity index (χ3v) is 4.58. The summed E-state index contributed by atoms with van der Waals surface area (Å²) in [5.74, 6) is -1.28. The number of rotatable bonds is 9. The van der Waals surface area contributed by atoms with Gasteiger partial charge in [0, 0.05) is 35.4 Å². The quantitative estimate of drug-likeness (QED) is 0.362. The fourth-order valence-corrected chi connectivity index (χ4v) is 2.63. The topological polar surface area (TPSA) is 111 Å². The lowest BCUT2D eigenvalue weighted by Crippen LogP contribution is -2.35. The summed E-state index contributed by atoms with van der Waals surface area (Å²) in [5.41, 5.74) is 0.828. The summed E-state index contributed by atoms with van der Waals surface area (Å²) in [7, 11) is 0. The SMILES string of the molecule is CCC(C)NC(=O)COC(=O)c1cc([N+](=O)[O-])ccc1NCc1ccccc1Cl. The van der Waals surface area contributed by atoms with E-state index in [0.29, 0.717) is 17.3 Å². The summed E-state index contributed by atoms with van der Waals surface area (Å²) in [4.78, 5) is 34.8. The lowest BCUT2D eigenvalue weighted by molar-refractivity contribution is -0.384. The summed E-state index contributed by atoms with van der Waals surface area (Å²) >= 11 is 6.13. The number of nitrogens with zero attached hydrogens (tertiary/aromatic N) is 1. The second-order valence-electron chi connectivity index (χ2n) is 6.38. The number of esters is 1. The normalized spacial score (nSPS) is 11.4. The van der Waals surface area contributed by atoms with E-state index in [4.69, 9.17) is 16.3 Å². The molecule has 0 spiro atoms. The first kappa shape index (κ1) is 22.2. The third-order valence-electron chi connectivity index (χ3n) is 4.22. The highest BCUT2D eigenvalue weighted by molar-refractivity contribution is 6.31. The molecule has 0 aliphatic carbocycles. The van der Waals surface area contributed by atoms with Crippen molar-refractivity contribution < 1.29 is 19.2 Å². The lowest BCUT2D eigenvalue weighted by atomic mass is 10.1. The maximum Gasteiger partial charge on any atom is 0.341 e. The number of hydrogen-bond donors (Lipinski definition) is 2. The van der Waals surface area contributed by atoms with Crippen molar-refractivity contribution in [3.05, 3.63) is 68.7 Å². The van der Waals surface area contributed by atoms with Crippen molar-refractivity contribution in [3.8, 4) is 0 Å². The van der Waals surface area contributed by atoms with Crippen LogP contribution in [0.15, 0.2) is 42.5 Å². The third kappa shape index (κ3) is 6.46. The van der Waals surface area contributed by atoms with Crippen LogP contribution in [0.2, 0.25) is 5.02 Å². The van der Waals surface area contributed by atoms with E-state index in [1.165, 1.54) is 12.1 Å². The largest absolute Gasteiger partial charge is 0.452 e. The zero-order valence-corrected chi connectivity index (χ0v) is 16.9. The summed E-state index contributed by atoms with van der Waals surface area (Å²) in [6, 6.07) is 10.9. The minimum atomic E-state index is -0.838. The van der Waals surface area contributed by atoms with Gasteiger partial charge in [-0.05, 0) is 31.0 Å². The van der Waals surface area contributed by atoms with E-state index in [9.17, 15) is 19.7 Å². The zero-order chi connectivity index (χ0) is 21.4. The van der Waals surface area contributed by atoms with Crippen LogP contribution in [0.1, 0.15) is 36.2 Å². The molecule has 0 aromatic heterocycles.